The zero-order chi connectivity index (χ0) is 19.8. The average Bonchev–Trinajstić information content (AvgIpc) is 2.64. The molecule has 12 nitrogen and oxygen atoms in total. The van der Waals surface area contributed by atoms with Gasteiger partial charge in [-0.25, -0.2) is 9.59 Å². The van der Waals surface area contributed by atoms with Crippen molar-refractivity contribution in [3.05, 3.63) is 29.3 Å². The summed E-state index contributed by atoms with van der Waals surface area (Å²) in [5.74, 6) is -2.26. The molecule has 2 rings (SSSR count). The van der Waals surface area contributed by atoms with E-state index >= 15 is 0 Å². The van der Waals surface area contributed by atoms with Crippen LogP contribution in [0.3, 0.4) is 0 Å². The molecular formula is C15H20N8O4. The molecule has 9 N–H and O–H groups in total. The van der Waals surface area contributed by atoms with Gasteiger partial charge in [-0.2, -0.15) is 15.0 Å². The number of para-hydroxylation sites is 1. The van der Waals surface area contributed by atoms with Crippen LogP contribution in [0.5, 0.6) is 0 Å². The van der Waals surface area contributed by atoms with Gasteiger partial charge in [0.25, 0.3) is 0 Å². The van der Waals surface area contributed by atoms with E-state index in [9.17, 15) is 19.8 Å². The van der Waals surface area contributed by atoms with Crippen molar-refractivity contribution in [2.75, 3.05) is 42.1 Å². The number of nitrogens with one attached hydrogen (secondary N) is 3. The molecule has 0 aliphatic rings. The maximum Gasteiger partial charge on any atom is 0.337 e. The molecular weight excluding hydrogens is 356 g/mol. The normalized spacial score (nSPS) is 10.3. The number of nitrogens with two attached hydrogens (primary N) is 2. The highest BCUT2D eigenvalue weighted by molar-refractivity contribution is 6.03. The van der Waals surface area contributed by atoms with Crippen molar-refractivity contribution in [2.45, 2.75) is 0 Å². The summed E-state index contributed by atoms with van der Waals surface area (Å²) in [6.07, 6.45) is 0. The Balaban J connectivity index is 2.46. The van der Waals surface area contributed by atoms with E-state index in [0.717, 1.165) is 0 Å². The lowest BCUT2D eigenvalue weighted by Crippen LogP contribution is -2.19. The summed E-state index contributed by atoms with van der Waals surface area (Å²) < 4.78 is 0. The monoisotopic (exact) mass is 376 g/mol. The third-order valence-corrected chi connectivity index (χ3v) is 3.25. The topological polar surface area (TPSA) is 201 Å². The molecule has 0 fully saturated rings. The van der Waals surface area contributed by atoms with Gasteiger partial charge in [-0.3, -0.25) is 0 Å². The fraction of sp³-hybridized carbons (Fsp3) is 0.267. The van der Waals surface area contributed by atoms with Crippen molar-refractivity contribution < 1.29 is 19.8 Å². The minimum Gasteiger partial charge on any atom is -0.478 e. The molecule has 27 heavy (non-hydrogen) atoms. The molecule has 12 heteroatoms. The summed E-state index contributed by atoms with van der Waals surface area (Å²) in [6.45, 7) is 1.47. The van der Waals surface area contributed by atoms with E-state index in [0.29, 0.717) is 26.2 Å². The number of aromatic carboxylic acids is 2. The number of aromatic nitrogens is 3. The zero-order valence-corrected chi connectivity index (χ0v) is 14.3. The first-order valence-electron chi connectivity index (χ1n) is 7.96. The molecule has 0 amide bonds. The predicted octanol–water partition coefficient (Wildman–Crippen LogP) is -0.247. The van der Waals surface area contributed by atoms with Crippen LogP contribution in [0.1, 0.15) is 20.7 Å². The van der Waals surface area contributed by atoms with Gasteiger partial charge >= 0.3 is 11.9 Å². The van der Waals surface area contributed by atoms with Crippen LogP contribution in [-0.2, 0) is 0 Å². The number of rotatable bonds is 10. The molecule has 0 radical (unpaired) electrons. The van der Waals surface area contributed by atoms with E-state index in [2.05, 4.69) is 30.9 Å². The molecule has 0 spiro atoms. The van der Waals surface area contributed by atoms with Crippen LogP contribution in [0.25, 0.3) is 0 Å². The van der Waals surface area contributed by atoms with Crippen LogP contribution in [0, 0.1) is 0 Å². The number of benzene rings is 1. The molecule has 0 aliphatic carbocycles. The Labute approximate surface area is 154 Å². The Hall–Kier alpha value is -3.51. The molecule has 0 saturated heterocycles. The number of hydrogen-bond donors (Lipinski definition) is 7. The summed E-state index contributed by atoms with van der Waals surface area (Å²) in [5, 5.41) is 27.1. The van der Waals surface area contributed by atoms with Gasteiger partial charge in [0.05, 0.1) is 16.8 Å². The Morgan fingerprint density at radius 3 is 1.70 bits per heavy atom. The van der Waals surface area contributed by atoms with Gasteiger partial charge in [-0.05, 0) is 12.1 Å². The highest BCUT2D eigenvalue weighted by atomic mass is 16.4. The quantitative estimate of drug-likeness (QED) is 0.287. The Bertz CT molecular complexity index is 771. The van der Waals surface area contributed by atoms with E-state index < -0.39 is 11.9 Å². The second-order valence-electron chi connectivity index (χ2n) is 5.20. The maximum absolute atomic E-state index is 11.5. The molecule has 0 bridgehead atoms. The van der Waals surface area contributed by atoms with Crippen LogP contribution >= 0.6 is 0 Å². The molecule has 0 saturated carbocycles. The van der Waals surface area contributed by atoms with E-state index in [1.165, 1.54) is 18.2 Å². The number of hydrogen-bond acceptors (Lipinski definition) is 10. The number of carboxylic acid groups (broad SMARTS) is 2. The molecule has 1 aromatic carbocycles. The summed E-state index contributed by atoms with van der Waals surface area (Å²) in [5.41, 5.74) is 10.3. The standard InChI is InChI=1S/C15H20N8O4/c16-4-6-18-13-21-14(19-7-5-17)23-15(22-13)20-10-8(11(24)25)2-1-3-9(10)12(26)27/h1-3H,4-7,16-17H2,(H,24,25)(H,26,27)(H3,18,19,20,21,22,23). The number of nitrogens with zero attached hydrogens (tertiary/aromatic N) is 3. The summed E-state index contributed by atoms with van der Waals surface area (Å²) >= 11 is 0. The van der Waals surface area contributed by atoms with Gasteiger partial charge in [0.15, 0.2) is 0 Å². The first kappa shape index (κ1) is 19.8. The van der Waals surface area contributed by atoms with Crippen molar-refractivity contribution in [3.63, 3.8) is 0 Å². The fourth-order valence-electron chi connectivity index (χ4n) is 2.11. The van der Waals surface area contributed by atoms with Crippen molar-refractivity contribution >= 4 is 35.5 Å². The number of carbonyl (C=O) groups is 2. The van der Waals surface area contributed by atoms with E-state index in [1.54, 1.807) is 0 Å². The highest BCUT2D eigenvalue weighted by Crippen LogP contribution is 2.25. The fourth-order valence-corrected chi connectivity index (χ4v) is 2.11. The van der Waals surface area contributed by atoms with Crippen LogP contribution in [0.4, 0.5) is 23.5 Å². The molecule has 2 aromatic rings. The summed E-state index contributed by atoms with van der Waals surface area (Å²) in [7, 11) is 0. The van der Waals surface area contributed by atoms with Gasteiger partial charge in [-0.15, -0.1) is 0 Å². The summed E-state index contributed by atoms with van der Waals surface area (Å²) in [4.78, 5) is 35.3. The molecule has 1 aromatic heterocycles. The second kappa shape index (κ2) is 9.26. The third-order valence-electron chi connectivity index (χ3n) is 3.25. The van der Waals surface area contributed by atoms with Crippen LogP contribution < -0.4 is 27.4 Å². The lowest BCUT2D eigenvalue weighted by atomic mass is 10.1. The van der Waals surface area contributed by atoms with Crippen LogP contribution in [-0.4, -0.2) is 63.3 Å². The first-order valence-corrected chi connectivity index (χ1v) is 7.96. The van der Waals surface area contributed by atoms with E-state index in [1.807, 2.05) is 0 Å². The molecule has 0 atom stereocenters. The predicted molar refractivity (Wildman–Crippen MR) is 98.6 cm³/mol. The highest BCUT2D eigenvalue weighted by Gasteiger charge is 2.20. The van der Waals surface area contributed by atoms with Gasteiger partial charge in [0.1, 0.15) is 0 Å². The molecule has 144 valence electrons. The average molecular weight is 376 g/mol. The van der Waals surface area contributed by atoms with Crippen molar-refractivity contribution in [2.24, 2.45) is 11.5 Å². The molecule has 0 aliphatic heterocycles. The summed E-state index contributed by atoms with van der Waals surface area (Å²) in [6, 6.07) is 3.90. The van der Waals surface area contributed by atoms with Crippen LogP contribution in [0.2, 0.25) is 0 Å². The largest absolute Gasteiger partial charge is 0.478 e. The third kappa shape index (κ3) is 5.23. The second-order valence-corrected chi connectivity index (χ2v) is 5.20. The Morgan fingerprint density at radius 1 is 0.852 bits per heavy atom. The van der Waals surface area contributed by atoms with Gasteiger partial charge in [0, 0.05) is 26.2 Å². The maximum atomic E-state index is 11.5. The van der Waals surface area contributed by atoms with Crippen molar-refractivity contribution in [3.8, 4) is 0 Å². The zero-order valence-electron chi connectivity index (χ0n) is 14.3. The molecule has 0 unspecified atom stereocenters. The van der Waals surface area contributed by atoms with Crippen molar-refractivity contribution in [1.82, 2.24) is 15.0 Å². The SMILES string of the molecule is NCCNc1nc(NCCN)nc(Nc2c(C(=O)O)cccc2C(=O)O)n1. The van der Waals surface area contributed by atoms with E-state index in [4.69, 9.17) is 11.5 Å². The van der Waals surface area contributed by atoms with Gasteiger partial charge in [0.2, 0.25) is 17.8 Å². The van der Waals surface area contributed by atoms with E-state index in [-0.39, 0.29) is 34.7 Å². The number of anilines is 4. The van der Waals surface area contributed by atoms with Crippen LogP contribution in [0.15, 0.2) is 18.2 Å². The minimum atomic E-state index is -1.29. The first-order chi connectivity index (χ1) is 13.0. The Morgan fingerprint density at radius 2 is 1.30 bits per heavy atom. The Kier molecular flexibility index (Phi) is 6.79. The number of carboxylic acids is 2. The lowest BCUT2D eigenvalue weighted by molar-refractivity contribution is 0.0696. The van der Waals surface area contributed by atoms with Gasteiger partial charge in [-0.1, -0.05) is 6.07 Å². The van der Waals surface area contributed by atoms with Gasteiger partial charge < -0.3 is 37.6 Å². The minimum absolute atomic E-state index is 0.0414. The lowest BCUT2D eigenvalue weighted by Gasteiger charge is -2.13. The molecule has 1 heterocycles. The smallest absolute Gasteiger partial charge is 0.337 e. The van der Waals surface area contributed by atoms with Crippen molar-refractivity contribution in [1.29, 1.82) is 0 Å².